The van der Waals surface area contributed by atoms with E-state index in [0.29, 0.717) is 17.4 Å². The third kappa shape index (κ3) is 6.85. The molecule has 0 aromatic heterocycles. The van der Waals surface area contributed by atoms with Crippen molar-refractivity contribution in [3.8, 4) is 22.6 Å². The van der Waals surface area contributed by atoms with Crippen LogP contribution in [0.3, 0.4) is 0 Å². The Morgan fingerprint density at radius 1 is 0.812 bits per heavy atom. The van der Waals surface area contributed by atoms with Crippen molar-refractivity contribution in [2.75, 3.05) is 13.2 Å². The van der Waals surface area contributed by atoms with Crippen LogP contribution in [0.15, 0.2) is 77.3 Å². The highest BCUT2D eigenvalue weighted by molar-refractivity contribution is 9.10. The van der Waals surface area contributed by atoms with Gasteiger partial charge in [-0.2, -0.15) is 0 Å². The van der Waals surface area contributed by atoms with Crippen molar-refractivity contribution in [1.82, 2.24) is 10.9 Å². The first kappa shape index (κ1) is 23.3. The molecule has 0 atom stereocenters. The lowest BCUT2D eigenvalue weighted by atomic mass is 10.0. The quantitative estimate of drug-likeness (QED) is 0.437. The van der Waals surface area contributed by atoms with Crippen LogP contribution in [0.4, 0.5) is 0 Å². The fourth-order valence-corrected chi connectivity index (χ4v) is 3.38. The van der Waals surface area contributed by atoms with E-state index in [-0.39, 0.29) is 13.2 Å². The van der Waals surface area contributed by atoms with Crippen molar-refractivity contribution in [3.63, 3.8) is 0 Å². The Morgan fingerprint density at radius 3 is 2.00 bits per heavy atom. The third-order valence-electron chi connectivity index (χ3n) is 4.65. The molecule has 166 valence electrons. The first-order chi connectivity index (χ1) is 15.4. The summed E-state index contributed by atoms with van der Waals surface area (Å²) in [5.74, 6) is 0.545. The van der Waals surface area contributed by atoms with Crippen LogP contribution in [0.25, 0.3) is 11.1 Å². The molecule has 0 aliphatic heterocycles. The predicted molar refractivity (Wildman–Crippen MR) is 127 cm³/mol. The molecule has 0 radical (unpaired) electrons. The Kier molecular flexibility index (Phi) is 8.27. The van der Waals surface area contributed by atoms with E-state index in [9.17, 15) is 9.59 Å². The molecule has 0 aliphatic rings. The van der Waals surface area contributed by atoms with Gasteiger partial charge in [-0.05, 0) is 62.8 Å². The molecule has 2 amide bonds. The number of hydrogen-bond acceptors (Lipinski definition) is 4. The lowest BCUT2D eigenvalue weighted by Crippen LogP contribution is -2.45. The number of ether oxygens (including phenoxy) is 2. The average Bonchev–Trinajstić information content (AvgIpc) is 2.81. The van der Waals surface area contributed by atoms with Crippen LogP contribution in [0.1, 0.15) is 25.3 Å². The van der Waals surface area contributed by atoms with E-state index in [1.165, 1.54) is 0 Å². The zero-order valence-electron chi connectivity index (χ0n) is 17.9. The minimum Gasteiger partial charge on any atom is -0.484 e. The van der Waals surface area contributed by atoms with Crippen LogP contribution in [0, 0.1) is 0 Å². The first-order valence-corrected chi connectivity index (χ1v) is 11.0. The Bertz CT molecular complexity index is 1050. The van der Waals surface area contributed by atoms with E-state index < -0.39 is 11.8 Å². The highest BCUT2D eigenvalue weighted by Crippen LogP contribution is 2.28. The van der Waals surface area contributed by atoms with E-state index in [0.717, 1.165) is 21.2 Å². The lowest BCUT2D eigenvalue weighted by Gasteiger charge is -2.12. The van der Waals surface area contributed by atoms with Crippen molar-refractivity contribution < 1.29 is 19.1 Å². The molecule has 0 fully saturated rings. The Balaban J connectivity index is 1.39. The fraction of sp³-hybridized carbons (Fsp3) is 0.200. The maximum atomic E-state index is 11.9. The molecule has 7 heteroatoms. The molecular weight excluding hydrogens is 472 g/mol. The topological polar surface area (TPSA) is 76.7 Å². The highest BCUT2D eigenvalue weighted by atomic mass is 79.9. The number of hydrazine groups is 1. The Hall–Kier alpha value is -3.32. The van der Waals surface area contributed by atoms with Gasteiger partial charge in [0.05, 0.1) is 4.47 Å². The van der Waals surface area contributed by atoms with Gasteiger partial charge in [0.25, 0.3) is 11.8 Å². The molecule has 0 unspecified atom stereocenters. The minimum absolute atomic E-state index is 0.228. The van der Waals surface area contributed by atoms with Crippen LogP contribution in [0.2, 0.25) is 0 Å². The van der Waals surface area contributed by atoms with Gasteiger partial charge in [0, 0.05) is 0 Å². The standard InChI is InChI=1S/C25H25BrN2O4/c1-17(2)20-10-13-23(22(26)14-20)32-16-25(30)28-27-24(29)15-31-21-11-8-19(9-12-21)18-6-4-3-5-7-18/h3-14,17H,15-16H2,1-2H3,(H,27,29)(H,28,30). The van der Waals surface area contributed by atoms with Crippen molar-refractivity contribution in [1.29, 1.82) is 0 Å². The van der Waals surface area contributed by atoms with E-state index in [1.807, 2.05) is 60.7 Å². The number of carbonyl (C=O) groups excluding carboxylic acids is 2. The SMILES string of the molecule is CC(C)c1ccc(OCC(=O)NNC(=O)COc2ccc(-c3ccccc3)cc2)c(Br)c1. The fourth-order valence-electron chi connectivity index (χ4n) is 2.87. The highest BCUT2D eigenvalue weighted by Gasteiger charge is 2.10. The molecule has 3 aromatic rings. The monoisotopic (exact) mass is 496 g/mol. The summed E-state index contributed by atoms with van der Waals surface area (Å²) >= 11 is 3.45. The smallest absolute Gasteiger partial charge is 0.276 e. The van der Waals surface area contributed by atoms with Crippen molar-refractivity contribution in [2.45, 2.75) is 19.8 Å². The molecule has 3 aromatic carbocycles. The molecule has 0 saturated carbocycles. The second-order valence-corrected chi connectivity index (χ2v) is 8.26. The van der Waals surface area contributed by atoms with E-state index in [2.05, 4.69) is 40.6 Å². The molecule has 0 spiro atoms. The van der Waals surface area contributed by atoms with Gasteiger partial charge in [0.1, 0.15) is 11.5 Å². The van der Waals surface area contributed by atoms with Crippen molar-refractivity contribution in [3.05, 3.63) is 82.8 Å². The van der Waals surface area contributed by atoms with Crippen LogP contribution in [-0.2, 0) is 9.59 Å². The maximum Gasteiger partial charge on any atom is 0.276 e. The normalized spacial score (nSPS) is 10.5. The Morgan fingerprint density at radius 2 is 1.41 bits per heavy atom. The van der Waals surface area contributed by atoms with Gasteiger partial charge in [-0.1, -0.05) is 62.4 Å². The van der Waals surface area contributed by atoms with Gasteiger partial charge in [-0.3, -0.25) is 20.4 Å². The van der Waals surface area contributed by atoms with Gasteiger partial charge < -0.3 is 9.47 Å². The Labute approximate surface area is 196 Å². The third-order valence-corrected chi connectivity index (χ3v) is 5.27. The summed E-state index contributed by atoms with van der Waals surface area (Å²) in [6.45, 7) is 3.74. The van der Waals surface area contributed by atoms with Crippen LogP contribution in [-0.4, -0.2) is 25.0 Å². The van der Waals surface area contributed by atoms with Crippen molar-refractivity contribution >= 4 is 27.7 Å². The van der Waals surface area contributed by atoms with Gasteiger partial charge in [0.15, 0.2) is 13.2 Å². The average molecular weight is 497 g/mol. The molecule has 0 heterocycles. The summed E-state index contributed by atoms with van der Waals surface area (Å²) in [4.78, 5) is 23.9. The molecule has 2 N–H and O–H groups in total. The van der Waals surface area contributed by atoms with Crippen molar-refractivity contribution in [2.24, 2.45) is 0 Å². The molecule has 6 nitrogen and oxygen atoms in total. The zero-order valence-corrected chi connectivity index (χ0v) is 19.5. The summed E-state index contributed by atoms with van der Waals surface area (Å²) in [6, 6.07) is 23.1. The summed E-state index contributed by atoms with van der Waals surface area (Å²) in [5, 5.41) is 0. The molecule has 3 rings (SSSR count). The van der Waals surface area contributed by atoms with Crippen LogP contribution < -0.4 is 20.3 Å². The number of benzene rings is 3. The second-order valence-electron chi connectivity index (χ2n) is 7.41. The predicted octanol–water partition coefficient (Wildman–Crippen LogP) is 4.84. The number of nitrogens with one attached hydrogen (secondary N) is 2. The molecule has 32 heavy (non-hydrogen) atoms. The molecular formula is C25H25BrN2O4. The van der Waals surface area contributed by atoms with E-state index >= 15 is 0 Å². The second kappa shape index (κ2) is 11.3. The summed E-state index contributed by atoms with van der Waals surface area (Å²) < 4.78 is 11.7. The molecule has 0 saturated heterocycles. The number of amides is 2. The summed E-state index contributed by atoms with van der Waals surface area (Å²) in [5.41, 5.74) is 7.94. The summed E-state index contributed by atoms with van der Waals surface area (Å²) in [6.07, 6.45) is 0. The zero-order chi connectivity index (χ0) is 22.9. The number of carbonyl (C=O) groups is 2. The minimum atomic E-state index is -0.481. The maximum absolute atomic E-state index is 11.9. The molecule has 0 aliphatic carbocycles. The molecule has 0 bridgehead atoms. The number of halogens is 1. The largest absolute Gasteiger partial charge is 0.484 e. The first-order valence-electron chi connectivity index (χ1n) is 10.2. The van der Waals surface area contributed by atoms with Crippen LogP contribution in [0.5, 0.6) is 11.5 Å². The van der Waals surface area contributed by atoms with Gasteiger partial charge in [-0.15, -0.1) is 0 Å². The van der Waals surface area contributed by atoms with E-state index in [4.69, 9.17) is 9.47 Å². The summed E-state index contributed by atoms with van der Waals surface area (Å²) in [7, 11) is 0. The number of rotatable bonds is 8. The van der Waals surface area contributed by atoms with E-state index in [1.54, 1.807) is 12.1 Å². The van der Waals surface area contributed by atoms with Gasteiger partial charge in [-0.25, -0.2) is 0 Å². The lowest BCUT2D eigenvalue weighted by molar-refractivity contribution is -0.131. The van der Waals surface area contributed by atoms with Gasteiger partial charge >= 0.3 is 0 Å². The van der Waals surface area contributed by atoms with Gasteiger partial charge in [0.2, 0.25) is 0 Å². The van der Waals surface area contributed by atoms with Crippen LogP contribution >= 0.6 is 15.9 Å². The number of hydrogen-bond donors (Lipinski definition) is 2.